The van der Waals surface area contributed by atoms with E-state index in [1.807, 2.05) is 0 Å². The van der Waals surface area contributed by atoms with Crippen LogP contribution in [0.15, 0.2) is 52.4 Å². The summed E-state index contributed by atoms with van der Waals surface area (Å²) in [6.07, 6.45) is 1.22. The standard InChI is InChI=1S/C18H16FNO4S/c1-11-4-6-13(9-15(11)19)25(21,22)17-10-20-16-7-5-12(23-2)8-14(16)18(17)24-3/h4-10H,1-3H3. The lowest BCUT2D eigenvalue weighted by molar-refractivity contribution is 0.405. The quantitative estimate of drug-likeness (QED) is 0.711. The minimum Gasteiger partial charge on any atom is -0.497 e. The SMILES string of the molecule is COc1ccc2ncc(S(=O)(=O)c3ccc(C)c(F)c3)c(OC)c2c1. The Balaban J connectivity index is 2.28. The smallest absolute Gasteiger partial charge is 0.211 e. The number of aromatic nitrogens is 1. The van der Waals surface area contributed by atoms with Gasteiger partial charge in [0.25, 0.3) is 0 Å². The van der Waals surface area contributed by atoms with Gasteiger partial charge in [-0.25, -0.2) is 12.8 Å². The van der Waals surface area contributed by atoms with E-state index in [1.54, 1.807) is 25.1 Å². The van der Waals surface area contributed by atoms with Gasteiger partial charge in [0.05, 0.1) is 30.8 Å². The fourth-order valence-corrected chi connectivity index (χ4v) is 3.91. The Morgan fingerprint density at radius 3 is 2.44 bits per heavy atom. The third-order valence-electron chi connectivity index (χ3n) is 3.94. The average molecular weight is 361 g/mol. The molecule has 0 radical (unpaired) electrons. The molecule has 0 saturated carbocycles. The van der Waals surface area contributed by atoms with E-state index in [1.165, 1.54) is 32.5 Å². The predicted octanol–water partition coefficient (Wildman–Crippen LogP) is 3.53. The van der Waals surface area contributed by atoms with E-state index in [0.717, 1.165) is 6.07 Å². The zero-order valence-corrected chi connectivity index (χ0v) is 14.7. The van der Waals surface area contributed by atoms with Gasteiger partial charge in [-0.1, -0.05) is 6.07 Å². The summed E-state index contributed by atoms with van der Waals surface area (Å²) in [6.45, 7) is 1.57. The maximum absolute atomic E-state index is 13.8. The number of hydrogen-bond acceptors (Lipinski definition) is 5. The molecule has 25 heavy (non-hydrogen) atoms. The van der Waals surface area contributed by atoms with Crippen LogP contribution in [0.25, 0.3) is 10.9 Å². The van der Waals surface area contributed by atoms with Crippen molar-refractivity contribution in [2.75, 3.05) is 14.2 Å². The van der Waals surface area contributed by atoms with Crippen LogP contribution in [-0.2, 0) is 9.84 Å². The minimum atomic E-state index is -4.00. The molecule has 0 atom stereocenters. The van der Waals surface area contributed by atoms with E-state index < -0.39 is 15.7 Å². The van der Waals surface area contributed by atoms with E-state index in [4.69, 9.17) is 9.47 Å². The number of aryl methyl sites for hydroxylation is 1. The van der Waals surface area contributed by atoms with Crippen LogP contribution in [0.5, 0.6) is 11.5 Å². The third kappa shape index (κ3) is 2.91. The van der Waals surface area contributed by atoms with Crippen LogP contribution in [-0.4, -0.2) is 27.6 Å². The van der Waals surface area contributed by atoms with E-state index in [2.05, 4.69) is 4.98 Å². The van der Waals surface area contributed by atoms with Gasteiger partial charge in [-0.05, 0) is 42.8 Å². The summed E-state index contributed by atoms with van der Waals surface area (Å²) in [5, 5.41) is 0.496. The van der Waals surface area contributed by atoms with Gasteiger partial charge in [0, 0.05) is 5.39 Å². The summed E-state index contributed by atoms with van der Waals surface area (Å²) < 4.78 is 50.3. The Hall–Kier alpha value is -2.67. The average Bonchev–Trinajstić information content (AvgIpc) is 2.62. The summed E-state index contributed by atoms with van der Waals surface area (Å²) in [4.78, 5) is 3.91. The van der Waals surface area contributed by atoms with Crippen molar-refractivity contribution in [2.45, 2.75) is 16.7 Å². The van der Waals surface area contributed by atoms with Crippen molar-refractivity contribution in [2.24, 2.45) is 0 Å². The fourth-order valence-electron chi connectivity index (χ4n) is 2.53. The highest BCUT2D eigenvalue weighted by Crippen LogP contribution is 2.36. The van der Waals surface area contributed by atoms with Crippen molar-refractivity contribution in [3.63, 3.8) is 0 Å². The number of rotatable bonds is 4. The molecule has 3 rings (SSSR count). The number of ether oxygens (including phenoxy) is 2. The van der Waals surface area contributed by atoms with E-state index >= 15 is 0 Å². The summed E-state index contributed by atoms with van der Waals surface area (Å²) in [7, 11) is -1.11. The Morgan fingerprint density at radius 2 is 1.80 bits per heavy atom. The van der Waals surface area contributed by atoms with Crippen molar-refractivity contribution >= 4 is 20.7 Å². The van der Waals surface area contributed by atoms with Crippen molar-refractivity contribution < 1.29 is 22.3 Å². The van der Waals surface area contributed by atoms with Gasteiger partial charge in [-0.2, -0.15) is 0 Å². The molecule has 0 amide bonds. The molecule has 0 aliphatic carbocycles. The molecule has 3 aromatic rings. The van der Waals surface area contributed by atoms with Crippen LogP contribution >= 0.6 is 0 Å². The van der Waals surface area contributed by atoms with Gasteiger partial charge in [-0.3, -0.25) is 4.98 Å². The van der Waals surface area contributed by atoms with E-state index in [9.17, 15) is 12.8 Å². The molecule has 1 heterocycles. The van der Waals surface area contributed by atoms with Crippen molar-refractivity contribution in [1.82, 2.24) is 4.98 Å². The van der Waals surface area contributed by atoms with Crippen LogP contribution in [0, 0.1) is 12.7 Å². The second kappa shape index (κ2) is 6.33. The highest BCUT2D eigenvalue weighted by molar-refractivity contribution is 7.91. The van der Waals surface area contributed by atoms with Gasteiger partial charge in [0.1, 0.15) is 22.2 Å². The number of methoxy groups -OCH3 is 2. The molecule has 0 aliphatic rings. The monoisotopic (exact) mass is 361 g/mol. The second-order valence-corrected chi connectivity index (χ2v) is 7.37. The lowest BCUT2D eigenvalue weighted by Gasteiger charge is -2.13. The summed E-state index contributed by atoms with van der Waals surface area (Å²) in [5.74, 6) is 0.101. The van der Waals surface area contributed by atoms with Gasteiger partial charge >= 0.3 is 0 Å². The molecule has 7 heteroatoms. The fraction of sp³-hybridized carbons (Fsp3) is 0.167. The first-order valence-corrected chi connectivity index (χ1v) is 8.89. The number of nitrogens with zero attached hydrogens (tertiary/aromatic N) is 1. The lowest BCUT2D eigenvalue weighted by atomic mass is 10.2. The first kappa shape index (κ1) is 17.2. The first-order chi connectivity index (χ1) is 11.9. The molecule has 2 aromatic carbocycles. The molecule has 0 N–H and O–H groups in total. The van der Waals surface area contributed by atoms with Crippen molar-refractivity contribution in [1.29, 1.82) is 0 Å². The zero-order valence-electron chi connectivity index (χ0n) is 13.9. The van der Waals surface area contributed by atoms with Crippen LogP contribution in [0.4, 0.5) is 4.39 Å². The molecule has 0 saturated heterocycles. The van der Waals surface area contributed by atoms with E-state index in [0.29, 0.717) is 22.2 Å². The van der Waals surface area contributed by atoms with Crippen LogP contribution < -0.4 is 9.47 Å². The largest absolute Gasteiger partial charge is 0.497 e. The highest BCUT2D eigenvalue weighted by Gasteiger charge is 2.25. The van der Waals surface area contributed by atoms with Crippen LogP contribution in [0.2, 0.25) is 0 Å². The lowest BCUT2D eigenvalue weighted by Crippen LogP contribution is -2.06. The molecular formula is C18H16FNO4S. The topological polar surface area (TPSA) is 65.5 Å². The van der Waals surface area contributed by atoms with Crippen LogP contribution in [0.1, 0.15) is 5.56 Å². The van der Waals surface area contributed by atoms with Crippen LogP contribution in [0.3, 0.4) is 0 Å². The number of fused-ring (bicyclic) bond motifs is 1. The normalized spacial score (nSPS) is 11.5. The minimum absolute atomic E-state index is 0.126. The predicted molar refractivity (Wildman–Crippen MR) is 91.4 cm³/mol. The molecule has 0 spiro atoms. The number of pyridine rings is 1. The maximum Gasteiger partial charge on any atom is 0.211 e. The molecular weight excluding hydrogens is 345 g/mol. The molecule has 0 fully saturated rings. The Labute approximate surface area is 145 Å². The number of benzene rings is 2. The Kier molecular flexibility index (Phi) is 4.34. The number of hydrogen-bond donors (Lipinski definition) is 0. The first-order valence-electron chi connectivity index (χ1n) is 7.40. The Bertz CT molecular complexity index is 1060. The summed E-state index contributed by atoms with van der Waals surface area (Å²) >= 11 is 0. The van der Waals surface area contributed by atoms with E-state index in [-0.39, 0.29) is 15.5 Å². The molecule has 0 bridgehead atoms. The molecule has 130 valence electrons. The van der Waals surface area contributed by atoms with Gasteiger partial charge in [-0.15, -0.1) is 0 Å². The molecule has 1 aromatic heterocycles. The summed E-state index contributed by atoms with van der Waals surface area (Å²) in [6, 6.07) is 8.86. The number of sulfone groups is 1. The molecule has 0 aliphatic heterocycles. The van der Waals surface area contributed by atoms with Gasteiger partial charge in [0.15, 0.2) is 0 Å². The maximum atomic E-state index is 13.8. The van der Waals surface area contributed by atoms with Crippen molar-refractivity contribution in [3.8, 4) is 11.5 Å². The van der Waals surface area contributed by atoms with Gasteiger partial charge < -0.3 is 9.47 Å². The highest BCUT2D eigenvalue weighted by atomic mass is 32.2. The second-order valence-electron chi connectivity index (χ2n) is 5.45. The molecule has 0 unspecified atom stereocenters. The number of halogens is 1. The zero-order chi connectivity index (χ0) is 18.2. The van der Waals surface area contributed by atoms with Crippen molar-refractivity contribution in [3.05, 3.63) is 54.0 Å². The Morgan fingerprint density at radius 1 is 1.04 bits per heavy atom. The molecule has 5 nitrogen and oxygen atoms in total. The third-order valence-corrected chi connectivity index (χ3v) is 5.68. The summed E-state index contributed by atoms with van der Waals surface area (Å²) in [5.41, 5.74) is 0.930. The van der Waals surface area contributed by atoms with Gasteiger partial charge in [0.2, 0.25) is 9.84 Å².